The summed E-state index contributed by atoms with van der Waals surface area (Å²) >= 11 is 0. The molecule has 2 fully saturated rings. The van der Waals surface area contributed by atoms with Crippen molar-refractivity contribution in [2.45, 2.75) is 45.1 Å². The number of hydrogen-bond donors (Lipinski definition) is 2. The predicted octanol–water partition coefficient (Wildman–Crippen LogP) is 2.82. The number of amides is 1. The molecule has 3 rings (SSSR count). The first-order chi connectivity index (χ1) is 9.78. The first kappa shape index (κ1) is 13.4. The molecule has 4 heteroatoms. The van der Waals surface area contributed by atoms with E-state index in [1.165, 1.54) is 25.7 Å². The molecule has 0 unspecified atom stereocenters. The van der Waals surface area contributed by atoms with Gasteiger partial charge in [-0.15, -0.1) is 0 Å². The van der Waals surface area contributed by atoms with Gasteiger partial charge in [0.05, 0.1) is 5.56 Å². The van der Waals surface area contributed by atoms with Crippen LogP contribution >= 0.6 is 0 Å². The Balaban J connectivity index is 1.59. The first-order valence-electron chi connectivity index (χ1n) is 7.78. The second-order valence-corrected chi connectivity index (χ2v) is 6.03. The van der Waals surface area contributed by atoms with E-state index < -0.39 is 0 Å². The molecular formula is C16H23N3O. The van der Waals surface area contributed by atoms with E-state index in [4.69, 9.17) is 0 Å². The molecule has 0 aliphatic heterocycles. The van der Waals surface area contributed by atoms with Crippen LogP contribution in [0, 0.1) is 11.8 Å². The Morgan fingerprint density at radius 3 is 2.50 bits per heavy atom. The Labute approximate surface area is 120 Å². The molecule has 4 nitrogen and oxygen atoms in total. The zero-order valence-corrected chi connectivity index (χ0v) is 12.1. The molecular weight excluding hydrogens is 250 g/mol. The highest BCUT2D eigenvalue weighted by atomic mass is 16.1. The van der Waals surface area contributed by atoms with Crippen molar-refractivity contribution in [1.29, 1.82) is 0 Å². The van der Waals surface area contributed by atoms with Gasteiger partial charge in [-0.1, -0.05) is 6.92 Å². The third-order valence-electron chi connectivity index (χ3n) is 4.14. The third-order valence-corrected chi connectivity index (χ3v) is 4.14. The molecule has 1 heterocycles. The highest BCUT2D eigenvalue weighted by Crippen LogP contribution is 2.45. The van der Waals surface area contributed by atoms with E-state index in [1.807, 2.05) is 19.1 Å². The van der Waals surface area contributed by atoms with E-state index in [9.17, 15) is 4.79 Å². The smallest absolute Gasteiger partial charge is 0.252 e. The lowest BCUT2D eigenvalue weighted by Crippen LogP contribution is -2.26. The van der Waals surface area contributed by atoms with E-state index >= 15 is 0 Å². The van der Waals surface area contributed by atoms with Crippen molar-refractivity contribution in [3.8, 4) is 0 Å². The zero-order valence-electron chi connectivity index (χ0n) is 12.1. The predicted molar refractivity (Wildman–Crippen MR) is 79.7 cm³/mol. The lowest BCUT2D eigenvalue weighted by Gasteiger charge is -2.18. The molecule has 0 spiro atoms. The zero-order chi connectivity index (χ0) is 13.9. The van der Waals surface area contributed by atoms with Gasteiger partial charge in [0.1, 0.15) is 5.82 Å². The van der Waals surface area contributed by atoms with Crippen molar-refractivity contribution in [1.82, 2.24) is 10.3 Å². The summed E-state index contributed by atoms with van der Waals surface area (Å²) in [4.78, 5) is 16.2. The minimum atomic E-state index is -0.0353. The van der Waals surface area contributed by atoms with Gasteiger partial charge in [-0.2, -0.15) is 0 Å². The van der Waals surface area contributed by atoms with Crippen LogP contribution in [0.4, 0.5) is 5.82 Å². The van der Waals surface area contributed by atoms with Crippen molar-refractivity contribution >= 4 is 11.7 Å². The van der Waals surface area contributed by atoms with Gasteiger partial charge in [0.25, 0.3) is 5.91 Å². The summed E-state index contributed by atoms with van der Waals surface area (Å²) in [6.45, 7) is 2.76. The molecule has 2 saturated carbocycles. The number of nitrogens with one attached hydrogen (secondary N) is 2. The number of carbonyl (C=O) groups is 1. The minimum absolute atomic E-state index is 0.0353. The van der Waals surface area contributed by atoms with E-state index in [2.05, 4.69) is 15.6 Å². The molecule has 1 amide bonds. The number of hydrogen-bond acceptors (Lipinski definition) is 3. The fourth-order valence-electron chi connectivity index (χ4n) is 2.66. The van der Waals surface area contributed by atoms with Gasteiger partial charge in [-0.25, -0.2) is 4.98 Å². The summed E-state index contributed by atoms with van der Waals surface area (Å²) in [6.07, 6.45) is 8.03. The maximum absolute atomic E-state index is 11.8. The van der Waals surface area contributed by atoms with E-state index in [0.29, 0.717) is 18.2 Å². The number of carbonyl (C=O) groups excluding carboxylic acids is 1. The van der Waals surface area contributed by atoms with E-state index in [-0.39, 0.29) is 5.91 Å². The number of aromatic nitrogens is 1. The van der Waals surface area contributed by atoms with Gasteiger partial charge in [0, 0.05) is 18.8 Å². The fraction of sp³-hybridized carbons (Fsp3) is 0.625. The molecule has 108 valence electrons. The van der Waals surface area contributed by atoms with Crippen LogP contribution in [0.2, 0.25) is 0 Å². The number of pyridine rings is 1. The Bertz CT molecular complexity index is 451. The van der Waals surface area contributed by atoms with Crippen LogP contribution in [0.3, 0.4) is 0 Å². The molecule has 0 saturated heterocycles. The van der Waals surface area contributed by atoms with Gasteiger partial charge in [0.15, 0.2) is 0 Å². The molecule has 0 bridgehead atoms. The van der Waals surface area contributed by atoms with Crippen molar-refractivity contribution in [2.24, 2.45) is 11.8 Å². The molecule has 1 aromatic heterocycles. The number of nitrogens with zero attached hydrogens (tertiary/aromatic N) is 1. The first-order valence-corrected chi connectivity index (χ1v) is 7.78. The van der Waals surface area contributed by atoms with Gasteiger partial charge in [0.2, 0.25) is 0 Å². The second-order valence-electron chi connectivity index (χ2n) is 6.03. The molecule has 2 aliphatic rings. The number of rotatable bonds is 7. The molecule has 2 aliphatic carbocycles. The van der Waals surface area contributed by atoms with Gasteiger partial charge in [-0.3, -0.25) is 4.79 Å². The van der Waals surface area contributed by atoms with Crippen LogP contribution in [0.1, 0.15) is 49.4 Å². The highest BCUT2D eigenvalue weighted by Gasteiger charge is 2.41. The lowest BCUT2D eigenvalue weighted by molar-refractivity contribution is 0.0953. The van der Waals surface area contributed by atoms with Gasteiger partial charge < -0.3 is 10.6 Å². The maximum atomic E-state index is 11.8. The normalized spacial score (nSPS) is 18.1. The molecule has 0 aromatic carbocycles. The van der Waals surface area contributed by atoms with E-state index in [1.54, 1.807) is 6.20 Å². The summed E-state index contributed by atoms with van der Waals surface area (Å²) in [5, 5.41) is 6.44. The van der Waals surface area contributed by atoms with Gasteiger partial charge >= 0.3 is 0 Å². The van der Waals surface area contributed by atoms with Crippen molar-refractivity contribution in [3.63, 3.8) is 0 Å². The SMILES string of the molecule is CCCNC(=O)c1ccc(NC(C2CC2)C2CC2)nc1. The summed E-state index contributed by atoms with van der Waals surface area (Å²) < 4.78 is 0. The maximum Gasteiger partial charge on any atom is 0.252 e. The summed E-state index contributed by atoms with van der Waals surface area (Å²) in [5.41, 5.74) is 0.637. The standard InChI is InChI=1S/C16H23N3O/c1-2-9-17-16(20)13-7-8-14(18-10-13)19-15(11-3-4-11)12-5-6-12/h7-8,10-12,15H,2-6,9H2,1H3,(H,17,20)(H,18,19). The average molecular weight is 273 g/mol. The molecule has 2 N–H and O–H groups in total. The molecule has 20 heavy (non-hydrogen) atoms. The van der Waals surface area contributed by atoms with Crippen LogP contribution in [0.5, 0.6) is 0 Å². The largest absolute Gasteiger partial charge is 0.367 e. The van der Waals surface area contributed by atoms with Crippen molar-refractivity contribution < 1.29 is 4.79 Å². The Kier molecular flexibility index (Phi) is 3.90. The second kappa shape index (κ2) is 5.81. The molecule has 0 radical (unpaired) electrons. The topological polar surface area (TPSA) is 54.0 Å². The Morgan fingerprint density at radius 2 is 2.00 bits per heavy atom. The molecule has 0 atom stereocenters. The number of anilines is 1. The fourth-order valence-corrected chi connectivity index (χ4v) is 2.66. The lowest BCUT2D eigenvalue weighted by atomic mass is 10.1. The Morgan fingerprint density at radius 1 is 1.30 bits per heavy atom. The summed E-state index contributed by atoms with van der Waals surface area (Å²) in [7, 11) is 0. The highest BCUT2D eigenvalue weighted by molar-refractivity contribution is 5.94. The van der Waals surface area contributed by atoms with Crippen LogP contribution in [-0.2, 0) is 0 Å². The third kappa shape index (κ3) is 3.30. The summed E-state index contributed by atoms with van der Waals surface area (Å²) in [5.74, 6) is 2.56. The monoisotopic (exact) mass is 273 g/mol. The summed E-state index contributed by atoms with van der Waals surface area (Å²) in [6, 6.07) is 4.39. The van der Waals surface area contributed by atoms with Crippen LogP contribution in [-0.4, -0.2) is 23.5 Å². The van der Waals surface area contributed by atoms with Gasteiger partial charge in [-0.05, 0) is 56.1 Å². The average Bonchev–Trinajstić information content (AvgIpc) is 3.36. The van der Waals surface area contributed by atoms with Crippen LogP contribution in [0.15, 0.2) is 18.3 Å². The van der Waals surface area contributed by atoms with E-state index in [0.717, 1.165) is 24.1 Å². The van der Waals surface area contributed by atoms with Crippen molar-refractivity contribution in [3.05, 3.63) is 23.9 Å². The Hall–Kier alpha value is -1.58. The van der Waals surface area contributed by atoms with Crippen molar-refractivity contribution in [2.75, 3.05) is 11.9 Å². The van der Waals surface area contributed by atoms with Crippen LogP contribution in [0.25, 0.3) is 0 Å². The van der Waals surface area contributed by atoms with Crippen LogP contribution < -0.4 is 10.6 Å². The molecule has 1 aromatic rings. The quantitative estimate of drug-likeness (QED) is 0.803. The minimum Gasteiger partial charge on any atom is -0.367 e.